The van der Waals surface area contributed by atoms with Crippen LogP contribution >= 0.6 is 0 Å². The molecule has 0 aromatic heterocycles. The van der Waals surface area contributed by atoms with Gasteiger partial charge in [0.15, 0.2) is 12.1 Å². The Hall–Kier alpha value is -1.96. The molecule has 2 rings (SSSR count). The summed E-state index contributed by atoms with van der Waals surface area (Å²) in [6, 6.07) is 11.1. The topological polar surface area (TPSA) is 34.1 Å². The zero-order valence-corrected chi connectivity index (χ0v) is 8.36. The third-order valence-corrected chi connectivity index (χ3v) is 2.44. The second-order valence-electron chi connectivity index (χ2n) is 3.42. The van der Waals surface area contributed by atoms with Crippen molar-refractivity contribution in [2.75, 3.05) is 0 Å². The molecule has 0 aliphatic heterocycles. The third-order valence-electron chi connectivity index (χ3n) is 2.44. The number of carbonyl (C=O) groups excluding carboxylic acids is 2. The Balaban J connectivity index is 2.90. The van der Waals surface area contributed by atoms with Gasteiger partial charge in [-0.05, 0) is 17.7 Å². The first-order valence-corrected chi connectivity index (χ1v) is 4.72. The lowest BCUT2D eigenvalue weighted by Crippen LogP contribution is -1.99. The summed E-state index contributed by atoms with van der Waals surface area (Å²) in [4.78, 5) is 22.3. The van der Waals surface area contributed by atoms with Crippen molar-refractivity contribution in [2.45, 2.75) is 6.92 Å². The summed E-state index contributed by atoms with van der Waals surface area (Å²) in [5.74, 6) is -0.0751. The first kappa shape index (κ1) is 9.59. The van der Waals surface area contributed by atoms with Crippen LogP contribution in [-0.4, -0.2) is 12.1 Å². The predicted octanol–water partition coefficient (Wildman–Crippen LogP) is 2.85. The lowest BCUT2D eigenvalue weighted by Gasteiger charge is -2.05. The van der Waals surface area contributed by atoms with Crippen LogP contribution in [0.1, 0.15) is 27.6 Å². The van der Waals surface area contributed by atoms with Crippen LogP contribution in [0.5, 0.6) is 0 Å². The Labute approximate surface area is 87.5 Å². The van der Waals surface area contributed by atoms with Gasteiger partial charge in [-0.15, -0.1) is 0 Å². The molecule has 0 atom stereocenters. The van der Waals surface area contributed by atoms with Gasteiger partial charge in [0, 0.05) is 11.1 Å². The SMILES string of the molecule is CC(=O)c1c(C=O)ccc2ccccc12. The number of fused-ring (bicyclic) bond motifs is 1. The van der Waals surface area contributed by atoms with Crippen molar-refractivity contribution >= 4 is 22.8 Å². The molecule has 0 aliphatic rings. The summed E-state index contributed by atoms with van der Waals surface area (Å²) in [6.45, 7) is 1.48. The Morgan fingerprint density at radius 2 is 1.87 bits per heavy atom. The molecule has 0 heterocycles. The number of rotatable bonds is 2. The Bertz CT molecular complexity index is 541. The van der Waals surface area contributed by atoms with Gasteiger partial charge < -0.3 is 0 Å². The predicted molar refractivity (Wildman–Crippen MR) is 59.3 cm³/mol. The second-order valence-corrected chi connectivity index (χ2v) is 3.42. The monoisotopic (exact) mass is 198 g/mol. The van der Waals surface area contributed by atoms with E-state index in [2.05, 4.69) is 0 Å². The molecule has 0 spiro atoms. The number of ketones is 1. The molecule has 2 aromatic carbocycles. The minimum atomic E-state index is -0.0751. The molecule has 74 valence electrons. The van der Waals surface area contributed by atoms with Gasteiger partial charge >= 0.3 is 0 Å². The minimum absolute atomic E-state index is 0.0751. The number of benzene rings is 2. The molecule has 0 radical (unpaired) electrons. The molecule has 15 heavy (non-hydrogen) atoms. The summed E-state index contributed by atoms with van der Waals surface area (Å²) in [5, 5.41) is 1.82. The van der Waals surface area contributed by atoms with E-state index in [1.165, 1.54) is 6.92 Å². The Kier molecular flexibility index (Phi) is 2.34. The average molecular weight is 198 g/mol. The van der Waals surface area contributed by atoms with Gasteiger partial charge in [0.25, 0.3) is 0 Å². The van der Waals surface area contributed by atoms with E-state index in [1.807, 2.05) is 30.3 Å². The minimum Gasteiger partial charge on any atom is -0.298 e. The summed E-state index contributed by atoms with van der Waals surface area (Å²) >= 11 is 0. The van der Waals surface area contributed by atoms with Crippen LogP contribution in [0.2, 0.25) is 0 Å². The van der Waals surface area contributed by atoms with Gasteiger partial charge in [-0.1, -0.05) is 36.4 Å². The smallest absolute Gasteiger partial charge is 0.161 e. The summed E-state index contributed by atoms with van der Waals surface area (Å²) in [7, 11) is 0. The fourth-order valence-electron chi connectivity index (χ4n) is 1.78. The van der Waals surface area contributed by atoms with Gasteiger partial charge in [0.05, 0.1) is 0 Å². The van der Waals surface area contributed by atoms with E-state index in [9.17, 15) is 9.59 Å². The van der Waals surface area contributed by atoms with E-state index in [0.717, 1.165) is 17.1 Å². The summed E-state index contributed by atoms with van der Waals surface area (Å²) < 4.78 is 0. The van der Waals surface area contributed by atoms with Crippen molar-refractivity contribution < 1.29 is 9.59 Å². The van der Waals surface area contributed by atoms with Crippen molar-refractivity contribution in [1.29, 1.82) is 0 Å². The molecule has 0 saturated carbocycles. The third kappa shape index (κ3) is 1.54. The van der Waals surface area contributed by atoms with Gasteiger partial charge in [0.1, 0.15) is 0 Å². The molecule has 0 amide bonds. The molecule has 0 aliphatic carbocycles. The van der Waals surface area contributed by atoms with Crippen molar-refractivity contribution in [3.05, 3.63) is 47.5 Å². The molecular formula is C13H10O2. The highest BCUT2D eigenvalue weighted by atomic mass is 16.1. The zero-order valence-electron chi connectivity index (χ0n) is 8.36. The van der Waals surface area contributed by atoms with E-state index in [4.69, 9.17) is 0 Å². The molecule has 0 N–H and O–H groups in total. The number of hydrogen-bond acceptors (Lipinski definition) is 2. The van der Waals surface area contributed by atoms with E-state index >= 15 is 0 Å². The lowest BCUT2D eigenvalue weighted by atomic mass is 9.97. The fourth-order valence-corrected chi connectivity index (χ4v) is 1.78. The Morgan fingerprint density at radius 3 is 2.53 bits per heavy atom. The molecule has 0 fully saturated rings. The number of aldehydes is 1. The highest BCUT2D eigenvalue weighted by Gasteiger charge is 2.10. The van der Waals surface area contributed by atoms with Crippen molar-refractivity contribution in [3.63, 3.8) is 0 Å². The van der Waals surface area contributed by atoms with Crippen LogP contribution < -0.4 is 0 Å². The molecule has 2 nitrogen and oxygen atoms in total. The number of carbonyl (C=O) groups is 2. The largest absolute Gasteiger partial charge is 0.298 e. The average Bonchev–Trinajstić information content (AvgIpc) is 2.27. The van der Waals surface area contributed by atoms with E-state index in [-0.39, 0.29) is 5.78 Å². The van der Waals surface area contributed by atoms with Crippen molar-refractivity contribution in [3.8, 4) is 0 Å². The van der Waals surface area contributed by atoms with E-state index < -0.39 is 0 Å². The summed E-state index contributed by atoms with van der Waals surface area (Å²) in [5.41, 5.74) is 0.976. The van der Waals surface area contributed by atoms with E-state index in [1.54, 1.807) is 6.07 Å². The number of Topliss-reactive ketones (excluding diaryl/α,β-unsaturated/α-hetero) is 1. The maximum Gasteiger partial charge on any atom is 0.161 e. The summed E-state index contributed by atoms with van der Waals surface area (Å²) in [6.07, 6.45) is 0.725. The van der Waals surface area contributed by atoms with Crippen LogP contribution in [0.4, 0.5) is 0 Å². The van der Waals surface area contributed by atoms with Gasteiger partial charge in [-0.2, -0.15) is 0 Å². The van der Waals surface area contributed by atoms with Crippen LogP contribution in [0.25, 0.3) is 10.8 Å². The van der Waals surface area contributed by atoms with Gasteiger partial charge in [-0.25, -0.2) is 0 Å². The van der Waals surface area contributed by atoms with Crippen LogP contribution in [0.15, 0.2) is 36.4 Å². The van der Waals surface area contributed by atoms with Crippen LogP contribution in [0, 0.1) is 0 Å². The maximum atomic E-state index is 11.5. The molecule has 0 bridgehead atoms. The highest BCUT2D eigenvalue weighted by Crippen LogP contribution is 2.21. The standard InChI is InChI=1S/C13H10O2/c1-9(15)13-11(8-14)7-6-10-4-2-3-5-12(10)13/h2-8H,1H3. The first-order chi connectivity index (χ1) is 7.24. The number of hydrogen-bond donors (Lipinski definition) is 0. The maximum absolute atomic E-state index is 11.5. The quantitative estimate of drug-likeness (QED) is 0.549. The van der Waals surface area contributed by atoms with Crippen LogP contribution in [-0.2, 0) is 0 Å². The molecule has 0 unspecified atom stereocenters. The van der Waals surface area contributed by atoms with Crippen LogP contribution in [0.3, 0.4) is 0 Å². The lowest BCUT2D eigenvalue weighted by molar-refractivity contribution is 0.101. The first-order valence-electron chi connectivity index (χ1n) is 4.72. The molecule has 0 saturated heterocycles. The van der Waals surface area contributed by atoms with Gasteiger partial charge in [-0.3, -0.25) is 9.59 Å². The fraction of sp³-hybridized carbons (Fsp3) is 0.0769. The van der Waals surface area contributed by atoms with Gasteiger partial charge in [0.2, 0.25) is 0 Å². The normalized spacial score (nSPS) is 10.2. The molecule has 2 aromatic rings. The van der Waals surface area contributed by atoms with Crippen molar-refractivity contribution in [2.24, 2.45) is 0 Å². The Morgan fingerprint density at radius 1 is 1.13 bits per heavy atom. The van der Waals surface area contributed by atoms with E-state index in [0.29, 0.717) is 11.1 Å². The second kappa shape index (κ2) is 3.65. The van der Waals surface area contributed by atoms with Crippen molar-refractivity contribution in [1.82, 2.24) is 0 Å². The molecule has 2 heteroatoms. The highest BCUT2D eigenvalue weighted by molar-refractivity contribution is 6.12. The zero-order chi connectivity index (χ0) is 10.8. The molecular weight excluding hydrogens is 188 g/mol.